The van der Waals surface area contributed by atoms with Crippen LogP contribution in [-0.2, 0) is 0 Å². The molecule has 7 nitrogen and oxygen atoms in total. The van der Waals surface area contributed by atoms with E-state index in [4.69, 9.17) is 16.6 Å². The van der Waals surface area contributed by atoms with E-state index in [1.807, 2.05) is 18.5 Å². The molecule has 3 aliphatic rings. The van der Waals surface area contributed by atoms with Gasteiger partial charge in [0.25, 0.3) is 0 Å². The van der Waals surface area contributed by atoms with E-state index in [1.165, 1.54) is 18.4 Å². The van der Waals surface area contributed by atoms with Crippen molar-refractivity contribution in [2.24, 2.45) is 0 Å². The van der Waals surface area contributed by atoms with Gasteiger partial charge >= 0.3 is 0 Å². The van der Waals surface area contributed by atoms with Crippen LogP contribution >= 0.6 is 11.6 Å². The quantitative estimate of drug-likeness (QED) is 0.590. The van der Waals surface area contributed by atoms with Crippen molar-refractivity contribution in [1.82, 2.24) is 24.6 Å². The van der Waals surface area contributed by atoms with Crippen molar-refractivity contribution in [2.75, 3.05) is 18.4 Å². The minimum Gasteiger partial charge on any atom is -0.391 e. The van der Waals surface area contributed by atoms with Gasteiger partial charge in [-0.3, -0.25) is 9.58 Å². The molecular formula is C24H29ClN6O. The highest BCUT2D eigenvalue weighted by Crippen LogP contribution is 2.38. The molecule has 0 amide bonds. The predicted molar refractivity (Wildman–Crippen MR) is 126 cm³/mol. The third-order valence-corrected chi connectivity index (χ3v) is 7.85. The molecule has 1 aliphatic heterocycles. The summed E-state index contributed by atoms with van der Waals surface area (Å²) in [6.45, 7) is 4.12. The average Bonchev–Trinajstić information content (AvgIpc) is 3.57. The van der Waals surface area contributed by atoms with E-state index in [-0.39, 0.29) is 6.10 Å². The Hall–Kier alpha value is -2.22. The van der Waals surface area contributed by atoms with Crippen LogP contribution in [0.4, 0.5) is 11.6 Å². The van der Waals surface area contributed by atoms with Crippen molar-refractivity contribution in [3.8, 4) is 0 Å². The van der Waals surface area contributed by atoms with Crippen molar-refractivity contribution < 1.29 is 5.11 Å². The summed E-state index contributed by atoms with van der Waals surface area (Å²) in [6, 6.07) is 5.04. The van der Waals surface area contributed by atoms with Crippen molar-refractivity contribution in [2.45, 2.75) is 69.6 Å². The van der Waals surface area contributed by atoms with Crippen molar-refractivity contribution in [3.05, 3.63) is 40.8 Å². The molecule has 2 unspecified atom stereocenters. The van der Waals surface area contributed by atoms with Gasteiger partial charge < -0.3 is 10.4 Å². The topological polar surface area (TPSA) is 79.1 Å². The molecule has 0 radical (unpaired) electrons. The summed E-state index contributed by atoms with van der Waals surface area (Å²) < 4.78 is 2.09. The Morgan fingerprint density at radius 3 is 2.56 bits per heavy atom. The minimum atomic E-state index is -0.140. The number of likely N-dealkylation sites (tertiary alicyclic amines) is 1. The fourth-order valence-corrected chi connectivity index (χ4v) is 5.55. The molecule has 2 aromatic heterocycles. The second-order valence-electron chi connectivity index (χ2n) is 9.59. The lowest BCUT2D eigenvalue weighted by Crippen LogP contribution is -2.52. The summed E-state index contributed by atoms with van der Waals surface area (Å²) in [4.78, 5) is 11.7. The largest absolute Gasteiger partial charge is 0.391 e. The second kappa shape index (κ2) is 7.97. The van der Waals surface area contributed by atoms with E-state index in [1.54, 1.807) is 0 Å². The van der Waals surface area contributed by atoms with Crippen molar-refractivity contribution >= 4 is 34.1 Å². The summed E-state index contributed by atoms with van der Waals surface area (Å²) in [7, 11) is 0. The lowest BCUT2D eigenvalue weighted by Gasteiger charge is -2.45. The van der Waals surface area contributed by atoms with E-state index >= 15 is 0 Å². The van der Waals surface area contributed by atoms with E-state index < -0.39 is 0 Å². The van der Waals surface area contributed by atoms with Crippen LogP contribution in [0.1, 0.15) is 61.7 Å². The van der Waals surface area contributed by atoms with E-state index in [0.29, 0.717) is 23.9 Å². The maximum absolute atomic E-state index is 10.00. The molecule has 1 saturated heterocycles. The van der Waals surface area contributed by atoms with Gasteiger partial charge in [-0.05, 0) is 82.2 Å². The highest BCUT2D eigenvalue weighted by Gasteiger charge is 2.36. The van der Waals surface area contributed by atoms with Gasteiger partial charge in [0.05, 0.1) is 35.2 Å². The number of halogens is 1. The zero-order chi connectivity index (χ0) is 21.8. The number of aliphatic hydroxyl groups is 1. The normalized spacial score (nSPS) is 24.6. The first-order valence-corrected chi connectivity index (χ1v) is 12.1. The number of piperidine rings is 1. The molecule has 3 heterocycles. The molecule has 8 heteroatoms. The van der Waals surface area contributed by atoms with Gasteiger partial charge in [0.15, 0.2) is 0 Å². The molecule has 0 bridgehead atoms. The Bertz CT molecular complexity index is 1150. The number of aromatic nitrogens is 4. The van der Waals surface area contributed by atoms with Gasteiger partial charge in [0.1, 0.15) is 0 Å². The predicted octanol–water partition coefficient (Wildman–Crippen LogP) is 4.57. The van der Waals surface area contributed by atoms with Crippen LogP contribution in [0.5, 0.6) is 0 Å². The number of benzene rings is 1. The fraction of sp³-hybridized carbons (Fsp3) is 0.542. The van der Waals surface area contributed by atoms with E-state index in [9.17, 15) is 5.11 Å². The molecule has 2 atom stereocenters. The number of nitrogens with zero attached hydrogens (tertiary/aromatic N) is 5. The fourth-order valence-electron chi connectivity index (χ4n) is 5.23. The number of rotatable bonds is 5. The Balaban J connectivity index is 1.21. The molecule has 6 rings (SSSR count). The minimum absolute atomic E-state index is 0.140. The Kier molecular flexibility index (Phi) is 5.08. The number of aliphatic hydroxyl groups excluding tert-OH is 1. The molecule has 3 fully saturated rings. The van der Waals surface area contributed by atoms with Crippen LogP contribution in [-0.4, -0.2) is 55.0 Å². The summed E-state index contributed by atoms with van der Waals surface area (Å²) in [5.41, 5.74) is 4.16. The lowest BCUT2D eigenvalue weighted by molar-refractivity contribution is -0.0301. The maximum atomic E-state index is 10.00. The van der Waals surface area contributed by atoms with Crippen molar-refractivity contribution in [1.29, 1.82) is 0 Å². The standard InChI is InChI=1S/C24H29ClN6O/c1-14-21(13-27-31(14)17-2-3-17)29-24-26-12-16-10-19(25)18(11-20(16)28-24)15-6-8-30(9-7-15)22-4-5-23(22)32/h10-13,15,17,22-23,32H,2-9H2,1H3,(H,26,28,29). The SMILES string of the molecule is Cc1c(Nc2ncc3cc(Cl)c(C4CCN(C5CCC5O)CC4)cc3n2)cnn1C1CC1. The monoisotopic (exact) mass is 452 g/mol. The Labute approximate surface area is 192 Å². The second-order valence-corrected chi connectivity index (χ2v) is 10.0. The first-order valence-electron chi connectivity index (χ1n) is 11.8. The average molecular weight is 453 g/mol. The summed E-state index contributed by atoms with van der Waals surface area (Å²) in [5.74, 6) is 1.00. The smallest absolute Gasteiger partial charge is 0.227 e. The highest BCUT2D eigenvalue weighted by atomic mass is 35.5. The summed E-state index contributed by atoms with van der Waals surface area (Å²) in [5, 5.41) is 19.6. The molecule has 3 aromatic rings. The first-order chi connectivity index (χ1) is 15.6. The van der Waals surface area contributed by atoms with Gasteiger partial charge in [-0.15, -0.1) is 0 Å². The number of hydrogen-bond acceptors (Lipinski definition) is 6. The zero-order valence-electron chi connectivity index (χ0n) is 18.3. The van der Waals surface area contributed by atoms with Gasteiger partial charge in [-0.25, -0.2) is 9.97 Å². The summed E-state index contributed by atoms with van der Waals surface area (Å²) >= 11 is 6.69. The third-order valence-electron chi connectivity index (χ3n) is 7.52. The van der Waals surface area contributed by atoms with Crippen molar-refractivity contribution in [3.63, 3.8) is 0 Å². The highest BCUT2D eigenvalue weighted by molar-refractivity contribution is 6.32. The van der Waals surface area contributed by atoms with E-state index in [2.05, 4.69) is 38.0 Å². The maximum Gasteiger partial charge on any atom is 0.227 e. The molecule has 32 heavy (non-hydrogen) atoms. The molecule has 2 aliphatic carbocycles. The van der Waals surface area contributed by atoms with E-state index in [0.717, 1.165) is 66.1 Å². The van der Waals surface area contributed by atoms with Crippen LogP contribution in [0, 0.1) is 6.92 Å². The third kappa shape index (κ3) is 3.66. The van der Waals surface area contributed by atoms with Gasteiger partial charge in [0, 0.05) is 22.6 Å². The van der Waals surface area contributed by atoms with Crippen LogP contribution in [0.15, 0.2) is 24.5 Å². The van der Waals surface area contributed by atoms with Crippen LogP contribution in [0.3, 0.4) is 0 Å². The molecular weight excluding hydrogens is 424 g/mol. The number of fused-ring (bicyclic) bond motifs is 1. The van der Waals surface area contributed by atoms with Crippen LogP contribution in [0.2, 0.25) is 5.02 Å². The molecule has 2 saturated carbocycles. The first kappa shape index (κ1) is 20.4. The summed E-state index contributed by atoms with van der Waals surface area (Å²) in [6.07, 6.45) is 10.2. The molecule has 1 aromatic carbocycles. The van der Waals surface area contributed by atoms with Gasteiger partial charge in [0.2, 0.25) is 5.95 Å². The van der Waals surface area contributed by atoms with Crippen LogP contribution in [0.25, 0.3) is 10.9 Å². The van der Waals surface area contributed by atoms with Crippen LogP contribution < -0.4 is 5.32 Å². The number of anilines is 2. The molecule has 2 N–H and O–H groups in total. The molecule has 0 spiro atoms. The Morgan fingerprint density at radius 1 is 1.06 bits per heavy atom. The van der Waals surface area contributed by atoms with Gasteiger partial charge in [-0.2, -0.15) is 5.10 Å². The van der Waals surface area contributed by atoms with Gasteiger partial charge in [-0.1, -0.05) is 11.6 Å². The zero-order valence-corrected chi connectivity index (χ0v) is 19.1. The molecule has 168 valence electrons. The lowest BCUT2D eigenvalue weighted by atomic mass is 9.83. The number of nitrogens with one attached hydrogen (secondary N) is 1. The number of hydrogen-bond donors (Lipinski definition) is 2. The Morgan fingerprint density at radius 2 is 1.88 bits per heavy atom.